The van der Waals surface area contributed by atoms with Gasteiger partial charge < -0.3 is 19.5 Å². The molecule has 0 atom stereocenters. The molecule has 0 spiro atoms. The number of carbonyl (C=O) groups excluding carboxylic acids is 3. The lowest BCUT2D eigenvalue weighted by molar-refractivity contribution is -0.140. The summed E-state index contributed by atoms with van der Waals surface area (Å²) in [5.74, 6) is -0.270. The molecule has 1 amide bonds. The number of ether oxygens (including phenoxy) is 3. The van der Waals surface area contributed by atoms with E-state index >= 15 is 0 Å². The molecule has 0 fully saturated rings. The van der Waals surface area contributed by atoms with Crippen LogP contribution >= 0.6 is 0 Å². The van der Waals surface area contributed by atoms with E-state index in [0.29, 0.717) is 24.5 Å². The summed E-state index contributed by atoms with van der Waals surface area (Å²) in [6, 6.07) is 15.7. The lowest BCUT2D eigenvalue weighted by Gasteiger charge is -2.08. The van der Waals surface area contributed by atoms with Crippen LogP contribution in [0.1, 0.15) is 23.2 Å². The van der Waals surface area contributed by atoms with Gasteiger partial charge in [-0.2, -0.15) is 0 Å². The van der Waals surface area contributed by atoms with Crippen molar-refractivity contribution in [3.63, 3.8) is 0 Å². The molecule has 0 saturated carbocycles. The van der Waals surface area contributed by atoms with Crippen LogP contribution in [0.4, 0.5) is 0 Å². The maximum absolute atomic E-state index is 12.1. The van der Waals surface area contributed by atoms with E-state index in [9.17, 15) is 14.4 Å². The van der Waals surface area contributed by atoms with Gasteiger partial charge in [-0.3, -0.25) is 9.59 Å². The van der Waals surface area contributed by atoms with Crippen LogP contribution < -0.4 is 10.1 Å². The van der Waals surface area contributed by atoms with Crippen molar-refractivity contribution >= 4 is 17.8 Å². The zero-order valence-electron chi connectivity index (χ0n) is 15.0. The molecule has 2 aromatic carbocycles. The van der Waals surface area contributed by atoms with Gasteiger partial charge in [0.15, 0.2) is 6.61 Å². The second-order valence-electron chi connectivity index (χ2n) is 5.55. The Bertz CT molecular complexity index is 775. The lowest BCUT2D eigenvalue weighted by atomic mass is 10.2. The minimum absolute atomic E-state index is 0.213. The molecule has 0 unspecified atom stereocenters. The van der Waals surface area contributed by atoms with Gasteiger partial charge in [-0.1, -0.05) is 24.3 Å². The fourth-order valence-corrected chi connectivity index (χ4v) is 2.14. The van der Waals surface area contributed by atoms with Crippen LogP contribution in [0.15, 0.2) is 54.6 Å². The Hall–Kier alpha value is -3.35. The van der Waals surface area contributed by atoms with Crippen molar-refractivity contribution in [3.05, 3.63) is 60.2 Å². The van der Waals surface area contributed by atoms with Crippen molar-refractivity contribution in [1.29, 1.82) is 0 Å². The summed E-state index contributed by atoms with van der Waals surface area (Å²) in [6.07, 6.45) is 0.663. The molecule has 0 aromatic heterocycles. The smallest absolute Gasteiger partial charge is 0.338 e. The molecule has 2 aromatic rings. The normalized spacial score (nSPS) is 9.96. The number of benzene rings is 2. The Labute approximate surface area is 157 Å². The summed E-state index contributed by atoms with van der Waals surface area (Å²) in [6.45, 7) is -0.104. The van der Waals surface area contributed by atoms with E-state index in [-0.39, 0.29) is 18.0 Å². The maximum Gasteiger partial charge on any atom is 0.338 e. The molecule has 0 aliphatic heterocycles. The minimum Gasteiger partial charge on any atom is -0.469 e. The molecule has 0 aliphatic carbocycles. The Morgan fingerprint density at radius 2 is 1.70 bits per heavy atom. The zero-order valence-corrected chi connectivity index (χ0v) is 15.0. The average molecular weight is 371 g/mol. The largest absolute Gasteiger partial charge is 0.469 e. The maximum atomic E-state index is 12.1. The van der Waals surface area contributed by atoms with Gasteiger partial charge in [-0.05, 0) is 36.8 Å². The number of para-hydroxylation sites is 1. The number of methoxy groups -OCH3 is 1. The van der Waals surface area contributed by atoms with Crippen LogP contribution in [0.2, 0.25) is 0 Å². The van der Waals surface area contributed by atoms with Crippen LogP contribution in [0.5, 0.6) is 11.5 Å². The second-order valence-corrected chi connectivity index (χ2v) is 5.55. The molecule has 142 valence electrons. The summed E-state index contributed by atoms with van der Waals surface area (Å²) in [5.41, 5.74) is 0.280. The first-order chi connectivity index (χ1) is 13.1. The van der Waals surface area contributed by atoms with Crippen molar-refractivity contribution in [3.8, 4) is 11.5 Å². The molecule has 7 heteroatoms. The molecule has 7 nitrogen and oxygen atoms in total. The summed E-state index contributed by atoms with van der Waals surface area (Å²) in [7, 11) is 1.31. The summed E-state index contributed by atoms with van der Waals surface area (Å²) in [4.78, 5) is 34.7. The van der Waals surface area contributed by atoms with Gasteiger partial charge in [0.1, 0.15) is 11.5 Å². The number of hydrogen-bond donors (Lipinski definition) is 1. The first-order valence-corrected chi connectivity index (χ1v) is 8.42. The topological polar surface area (TPSA) is 90.9 Å². The highest BCUT2D eigenvalue weighted by atomic mass is 16.5. The Morgan fingerprint density at radius 1 is 0.963 bits per heavy atom. The van der Waals surface area contributed by atoms with Crippen molar-refractivity contribution in [2.45, 2.75) is 12.8 Å². The molecule has 0 aliphatic rings. The molecule has 0 saturated heterocycles. The third kappa shape index (κ3) is 7.19. The Kier molecular flexibility index (Phi) is 7.84. The predicted octanol–water partition coefficient (Wildman–Crippen LogP) is 2.71. The lowest BCUT2D eigenvalue weighted by Crippen LogP contribution is -2.29. The number of nitrogens with one attached hydrogen (secondary N) is 1. The Morgan fingerprint density at radius 3 is 2.44 bits per heavy atom. The molecular weight excluding hydrogens is 350 g/mol. The third-order valence-corrected chi connectivity index (χ3v) is 3.49. The molecular formula is C20H21NO6. The van der Waals surface area contributed by atoms with Crippen molar-refractivity contribution < 1.29 is 28.6 Å². The quantitative estimate of drug-likeness (QED) is 0.538. The van der Waals surface area contributed by atoms with E-state index in [1.54, 1.807) is 36.4 Å². The van der Waals surface area contributed by atoms with E-state index in [4.69, 9.17) is 9.47 Å². The van der Waals surface area contributed by atoms with E-state index in [2.05, 4.69) is 10.1 Å². The van der Waals surface area contributed by atoms with Crippen molar-refractivity contribution in [2.24, 2.45) is 0 Å². The van der Waals surface area contributed by atoms with E-state index in [1.165, 1.54) is 7.11 Å². The number of rotatable bonds is 9. The van der Waals surface area contributed by atoms with Gasteiger partial charge in [0.2, 0.25) is 0 Å². The van der Waals surface area contributed by atoms with Crippen molar-refractivity contribution in [2.75, 3.05) is 20.3 Å². The highest BCUT2D eigenvalue weighted by Gasteiger charge is 2.11. The number of carbonyl (C=O) groups is 3. The van der Waals surface area contributed by atoms with Gasteiger partial charge in [-0.15, -0.1) is 0 Å². The first kappa shape index (κ1) is 20.0. The van der Waals surface area contributed by atoms with Gasteiger partial charge in [-0.25, -0.2) is 4.79 Å². The zero-order chi connectivity index (χ0) is 19.5. The molecule has 2 rings (SSSR count). The van der Waals surface area contributed by atoms with Crippen molar-refractivity contribution in [1.82, 2.24) is 5.32 Å². The highest BCUT2D eigenvalue weighted by Crippen LogP contribution is 2.22. The fraction of sp³-hybridized carbons (Fsp3) is 0.250. The number of hydrogen-bond acceptors (Lipinski definition) is 6. The van der Waals surface area contributed by atoms with E-state index in [0.717, 1.165) is 0 Å². The molecule has 0 bridgehead atoms. The summed E-state index contributed by atoms with van der Waals surface area (Å²) in [5, 5.41) is 2.56. The third-order valence-electron chi connectivity index (χ3n) is 3.49. The van der Waals surface area contributed by atoms with Gasteiger partial charge >= 0.3 is 11.9 Å². The minimum atomic E-state index is -0.627. The van der Waals surface area contributed by atoms with Gasteiger partial charge in [0.25, 0.3) is 5.91 Å². The number of esters is 2. The van der Waals surface area contributed by atoms with Crippen LogP contribution in [0.3, 0.4) is 0 Å². The standard InChI is InChI=1S/C20H21NO6/c1-25-19(23)11-6-12-21-18(22)14-26-20(24)15-7-5-10-17(13-15)27-16-8-3-2-4-9-16/h2-5,7-10,13H,6,11-12,14H2,1H3,(H,21,22). The van der Waals surface area contributed by atoms with Gasteiger partial charge in [0, 0.05) is 13.0 Å². The highest BCUT2D eigenvalue weighted by molar-refractivity contribution is 5.91. The predicted molar refractivity (Wildman–Crippen MR) is 97.5 cm³/mol. The second kappa shape index (κ2) is 10.6. The Balaban J connectivity index is 1.77. The molecule has 0 radical (unpaired) electrons. The summed E-state index contributed by atoms with van der Waals surface area (Å²) >= 11 is 0. The molecule has 27 heavy (non-hydrogen) atoms. The van der Waals surface area contributed by atoms with Gasteiger partial charge in [0.05, 0.1) is 12.7 Å². The number of amides is 1. The van der Waals surface area contributed by atoms with Crippen LogP contribution in [0.25, 0.3) is 0 Å². The fourth-order valence-electron chi connectivity index (χ4n) is 2.14. The van der Waals surface area contributed by atoms with Crippen LogP contribution in [-0.2, 0) is 19.1 Å². The average Bonchev–Trinajstić information content (AvgIpc) is 2.70. The molecule has 1 N–H and O–H groups in total. The summed E-state index contributed by atoms with van der Waals surface area (Å²) < 4.78 is 15.2. The molecule has 0 heterocycles. The van der Waals surface area contributed by atoms with E-state index in [1.807, 2.05) is 18.2 Å². The van der Waals surface area contributed by atoms with E-state index < -0.39 is 18.5 Å². The SMILES string of the molecule is COC(=O)CCCNC(=O)COC(=O)c1cccc(Oc2ccccc2)c1. The van der Waals surface area contributed by atoms with Crippen LogP contribution in [-0.4, -0.2) is 38.1 Å². The van der Waals surface area contributed by atoms with Crippen LogP contribution in [0, 0.1) is 0 Å². The monoisotopic (exact) mass is 371 g/mol. The first-order valence-electron chi connectivity index (χ1n) is 8.42.